The molecule has 0 aromatic heterocycles. The van der Waals surface area contributed by atoms with Crippen LogP contribution in [0.2, 0.25) is 0 Å². The second-order valence-corrected chi connectivity index (χ2v) is 7.52. The van der Waals surface area contributed by atoms with Crippen molar-refractivity contribution >= 4 is 10.2 Å². The monoisotopic (exact) mass is 275 g/mol. The van der Waals surface area contributed by atoms with E-state index in [9.17, 15) is 8.42 Å². The maximum atomic E-state index is 12.2. The summed E-state index contributed by atoms with van der Waals surface area (Å²) in [6.07, 6.45) is 4.84. The van der Waals surface area contributed by atoms with Crippen molar-refractivity contribution in [1.82, 2.24) is 9.03 Å². The molecule has 0 aromatic carbocycles. The van der Waals surface area contributed by atoms with E-state index in [0.717, 1.165) is 32.1 Å². The maximum Gasteiger partial charge on any atom is 0.279 e. The first-order valence-corrected chi connectivity index (χ1v) is 8.42. The minimum atomic E-state index is -3.28. The molecule has 5 nitrogen and oxygen atoms in total. The highest BCUT2D eigenvalue weighted by molar-refractivity contribution is 7.87. The SMILES string of the molecule is CC1CCC(NS(=O)(=O)N2CCC(CN)CC2)C1. The van der Waals surface area contributed by atoms with Crippen molar-refractivity contribution in [2.24, 2.45) is 17.6 Å². The van der Waals surface area contributed by atoms with Crippen molar-refractivity contribution in [3.8, 4) is 0 Å². The zero-order valence-electron chi connectivity index (χ0n) is 11.1. The summed E-state index contributed by atoms with van der Waals surface area (Å²) in [5.41, 5.74) is 5.62. The summed E-state index contributed by atoms with van der Waals surface area (Å²) in [6, 6.07) is 0.136. The Morgan fingerprint density at radius 2 is 1.89 bits per heavy atom. The van der Waals surface area contributed by atoms with Crippen molar-refractivity contribution in [2.75, 3.05) is 19.6 Å². The lowest BCUT2D eigenvalue weighted by molar-refractivity contribution is 0.274. The van der Waals surface area contributed by atoms with Crippen molar-refractivity contribution in [3.63, 3.8) is 0 Å². The van der Waals surface area contributed by atoms with Crippen LogP contribution in [0.1, 0.15) is 39.0 Å². The Kier molecular flexibility index (Phi) is 4.64. The van der Waals surface area contributed by atoms with Gasteiger partial charge in [0.05, 0.1) is 0 Å². The van der Waals surface area contributed by atoms with Gasteiger partial charge in [0.2, 0.25) is 0 Å². The first kappa shape index (κ1) is 14.2. The molecule has 6 heteroatoms. The second kappa shape index (κ2) is 5.86. The van der Waals surface area contributed by atoms with Crippen LogP contribution in [0, 0.1) is 11.8 Å². The quantitative estimate of drug-likeness (QED) is 0.792. The molecule has 1 aliphatic heterocycles. The van der Waals surface area contributed by atoms with Gasteiger partial charge in [0, 0.05) is 19.1 Å². The molecular formula is C12H25N3O2S. The number of rotatable bonds is 4. The minimum Gasteiger partial charge on any atom is -0.330 e. The summed E-state index contributed by atoms with van der Waals surface area (Å²) >= 11 is 0. The molecule has 18 heavy (non-hydrogen) atoms. The maximum absolute atomic E-state index is 12.2. The van der Waals surface area contributed by atoms with E-state index in [1.54, 1.807) is 4.31 Å². The Morgan fingerprint density at radius 3 is 2.39 bits per heavy atom. The molecule has 0 amide bonds. The Labute approximate surface area is 110 Å². The second-order valence-electron chi connectivity index (χ2n) is 5.82. The van der Waals surface area contributed by atoms with E-state index in [4.69, 9.17) is 5.73 Å². The topological polar surface area (TPSA) is 75.4 Å². The Balaban J connectivity index is 1.87. The molecule has 2 rings (SSSR count). The molecule has 0 spiro atoms. The van der Waals surface area contributed by atoms with Gasteiger partial charge in [0.15, 0.2) is 0 Å². The number of nitrogens with zero attached hydrogens (tertiary/aromatic N) is 1. The zero-order valence-corrected chi connectivity index (χ0v) is 12.0. The van der Waals surface area contributed by atoms with Crippen LogP contribution in [0.4, 0.5) is 0 Å². The fourth-order valence-electron chi connectivity index (χ4n) is 2.98. The molecular weight excluding hydrogens is 250 g/mol. The van der Waals surface area contributed by atoms with Gasteiger partial charge < -0.3 is 5.73 Å². The molecule has 2 fully saturated rings. The standard InChI is InChI=1S/C12H25N3O2S/c1-10-2-3-12(8-10)14-18(16,17)15-6-4-11(9-13)5-7-15/h10-12,14H,2-9,13H2,1H3. The van der Waals surface area contributed by atoms with Gasteiger partial charge in [-0.2, -0.15) is 17.4 Å². The van der Waals surface area contributed by atoms with E-state index in [-0.39, 0.29) is 6.04 Å². The molecule has 3 N–H and O–H groups in total. The van der Waals surface area contributed by atoms with Gasteiger partial charge in [-0.3, -0.25) is 0 Å². The van der Waals surface area contributed by atoms with Crippen LogP contribution in [-0.4, -0.2) is 38.4 Å². The van der Waals surface area contributed by atoms with Crippen molar-refractivity contribution in [3.05, 3.63) is 0 Å². The van der Waals surface area contributed by atoms with E-state index in [1.165, 1.54) is 0 Å². The van der Waals surface area contributed by atoms with Crippen LogP contribution in [0.5, 0.6) is 0 Å². The summed E-state index contributed by atoms with van der Waals surface area (Å²) < 4.78 is 28.9. The predicted octanol–water partition coefficient (Wildman–Crippen LogP) is 0.680. The molecule has 0 bridgehead atoms. The smallest absolute Gasteiger partial charge is 0.279 e. The lowest BCUT2D eigenvalue weighted by Gasteiger charge is -2.31. The molecule has 1 heterocycles. The summed E-state index contributed by atoms with van der Waals surface area (Å²) in [5.74, 6) is 1.13. The fourth-order valence-corrected chi connectivity index (χ4v) is 4.46. The number of hydrogen-bond donors (Lipinski definition) is 2. The molecule has 1 saturated heterocycles. The van der Waals surface area contributed by atoms with Crippen molar-refractivity contribution < 1.29 is 8.42 Å². The van der Waals surface area contributed by atoms with Crippen molar-refractivity contribution in [2.45, 2.75) is 45.1 Å². The average molecular weight is 275 g/mol. The summed E-state index contributed by atoms with van der Waals surface area (Å²) in [7, 11) is -3.28. The van der Waals surface area contributed by atoms with Crippen LogP contribution in [0.25, 0.3) is 0 Å². The van der Waals surface area contributed by atoms with Gasteiger partial charge in [-0.1, -0.05) is 6.92 Å². The van der Waals surface area contributed by atoms with Crippen molar-refractivity contribution in [1.29, 1.82) is 0 Å². The van der Waals surface area contributed by atoms with Gasteiger partial charge in [-0.25, -0.2) is 0 Å². The van der Waals surface area contributed by atoms with Crippen LogP contribution in [0.3, 0.4) is 0 Å². The van der Waals surface area contributed by atoms with E-state index in [1.807, 2.05) is 0 Å². The molecule has 106 valence electrons. The Hall–Kier alpha value is -0.170. The number of nitrogens with two attached hydrogens (primary N) is 1. The van der Waals surface area contributed by atoms with Gasteiger partial charge in [0.25, 0.3) is 10.2 Å². The first-order valence-electron chi connectivity index (χ1n) is 6.98. The van der Waals surface area contributed by atoms with Gasteiger partial charge in [0.1, 0.15) is 0 Å². The first-order chi connectivity index (χ1) is 8.51. The van der Waals surface area contributed by atoms with E-state index in [0.29, 0.717) is 31.5 Å². The summed E-state index contributed by atoms with van der Waals surface area (Å²) in [4.78, 5) is 0. The summed E-state index contributed by atoms with van der Waals surface area (Å²) in [6.45, 7) is 4.07. The van der Waals surface area contributed by atoms with Crippen LogP contribution in [-0.2, 0) is 10.2 Å². The molecule has 1 saturated carbocycles. The molecule has 2 atom stereocenters. The third-order valence-electron chi connectivity index (χ3n) is 4.26. The Bertz CT molecular complexity index is 364. The fraction of sp³-hybridized carbons (Fsp3) is 1.00. The van der Waals surface area contributed by atoms with E-state index < -0.39 is 10.2 Å². The molecule has 0 radical (unpaired) electrons. The number of nitrogens with one attached hydrogen (secondary N) is 1. The highest BCUT2D eigenvalue weighted by Crippen LogP contribution is 2.26. The third kappa shape index (κ3) is 3.44. The van der Waals surface area contributed by atoms with E-state index in [2.05, 4.69) is 11.6 Å². The lowest BCUT2D eigenvalue weighted by Crippen LogP contribution is -2.48. The lowest BCUT2D eigenvalue weighted by atomic mass is 9.99. The molecule has 2 unspecified atom stereocenters. The van der Waals surface area contributed by atoms with Crippen LogP contribution >= 0.6 is 0 Å². The highest BCUT2D eigenvalue weighted by atomic mass is 32.2. The van der Waals surface area contributed by atoms with Gasteiger partial charge >= 0.3 is 0 Å². The summed E-state index contributed by atoms with van der Waals surface area (Å²) in [5, 5.41) is 0. The molecule has 1 aliphatic carbocycles. The minimum absolute atomic E-state index is 0.136. The zero-order chi connectivity index (χ0) is 13.2. The van der Waals surface area contributed by atoms with E-state index >= 15 is 0 Å². The highest BCUT2D eigenvalue weighted by Gasteiger charge is 2.31. The molecule has 0 aromatic rings. The number of piperidine rings is 1. The van der Waals surface area contributed by atoms with Gasteiger partial charge in [-0.15, -0.1) is 0 Å². The average Bonchev–Trinajstić information content (AvgIpc) is 2.74. The Morgan fingerprint density at radius 1 is 1.22 bits per heavy atom. The van der Waals surface area contributed by atoms with Crippen LogP contribution < -0.4 is 10.5 Å². The predicted molar refractivity (Wildman–Crippen MR) is 72.2 cm³/mol. The van der Waals surface area contributed by atoms with Gasteiger partial charge in [-0.05, 0) is 50.5 Å². The third-order valence-corrected chi connectivity index (χ3v) is 5.93. The largest absolute Gasteiger partial charge is 0.330 e. The number of hydrogen-bond acceptors (Lipinski definition) is 3. The molecule has 2 aliphatic rings. The van der Waals surface area contributed by atoms with Crippen LogP contribution in [0.15, 0.2) is 0 Å². The normalized spacial score (nSPS) is 31.9.